The van der Waals surface area contributed by atoms with Gasteiger partial charge >= 0.3 is 5.97 Å². The summed E-state index contributed by atoms with van der Waals surface area (Å²) in [5.41, 5.74) is 1.57. The second kappa shape index (κ2) is 6.14. The van der Waals surface area contributed by atoms with E-state index in [1.165, 1.54) is 0 Å². The molecule has 5 heteroatoms. The van der Waals surface area contributed by atoms with Gasteiger partial charge in [-0.15, -0.1) is 0 Å². The van der Waals surface area contributed by atoms with E-state index in [2.05, 4.69) is 0 Å². The van der Waals surface area contributed by atoms with Crippen LogP contribution in [0.3, 0.4) is 0 Å². The summed E-state index contributed by atoms with van der Waals surface area (Å²) in [7, 11) is 1.57. The number of carbonyl (C=O) groups is 1. The van der Waals surface area contributed by atoms with Gasteiger partial charge in [0.25, 0.3) is 0 Å². The van der Waals surface area contributed by atoms with Crippen molar-refractivity contribution in [3.05, 3.63) is 66.4 Å². The van der Waals surface area contributed by atoms with Crippen LogP contribution in [0.25, 0.3) is 10.9 Å². The zero-order valence-corrected chi connectivity index (χ0v) is 12.6. The van der Waals surface area contributed by atoms with E-state index in [-0.39, 0.29) is 0 Å². The van der Waals surface area contributed by atoms with Crippen LogP contribution in [-0.2, 0) is 4.79 Å². The molecule has 0 amide bonds. The van der Waals surface area contributed by atoms with Gasteiger partial charge in [0.15, 0.2) is 6.10 Å². The SMILES string of the molecule is COc1ccc(C(C(O)C(=O)O)n2ccc3ccccc32)cc1. The molecule has 0 aliphatic carbocycles. The highest BCUT2D eigenvalue weighted by Gasteiger charge is 2.29. The Kier molecular flexibility index (Phi) is 4.04. The largest absolute Gasteiger partial charge is 0.497 e. The van der Waals surface area contributed by atoms with E-state index in [1.807, 2.05) is 30.3 Å². The molecule has 0 aliphatic heterocycles. The summed E-state index contributed by atoms with van der Waals surface area (Å²) in [5, 5.41) is 20.5. The molecule has 0 saturated carbocycles. The highest BCUT2D eigenvalue weighted by molar-refractivity contribution is 5.81. The minimum Gasteiger partial charge on any atom is -0.497 e. The van der Waals surface area contributed by atoms with Gasteiger partial charge in [0, 0.05) is 11.7 Å². The molecule has 2 atom stereocenters. The van der Waals surface area contributed by atoms with E-state index >= 15 is 0 Å². The van der Waals surface area contributed by atoms with E-state index in [0.29, 0.717) is 11.3 Å². The number of nitrogens with zero attached hydrogens (tertiary/aromatic N) is 1. The molecule has 23 heavy (non-hydrogen) atoms. The van der Waals surface area contributed by atoms with Crippen molar-refractivity contribution in [2.24, 2.45) is 0 Å². The zero-order chi connectivity index (χ0) is 16.4. The number of benzene rings is 2. The summed E-state index contributed by atoms with van der Waals surface area (Å²) in [6.45, 7) is 0. The highest BCUT2D eigenvalue weighted by Crippen LogP contribution is 2.29. The Labute approximate surface area is 133 Å². The third-order valence-electron chi connectivity index (χ3n) is 3.94. The molecule has 3 rings (SSSR count). The van der Waals surface area contributed by atoms with Crippen LogP contribution in [0.4, 0.5) is 0 Å². The van der Waals surface area contributed by atoms with Gasteiger partial charge < -0.3 is 19.5 Å². The van der Waals surface area contributed by atoms with Gasteiger partial charge in [0.2, 0.25) is 0 Å². The van der Waals surface area contributed by atoms with Gasteiger partial charge in [-0.05, 0) is 35.2 Å². The zero-order valence-electron chi connectivity index (χ0n) is 12.6. The molecule has 1 aromatic heterocycles. The van der Waals surface area contributed by atoms with Crippen LogP contribution in [0.5, 0.6) is 5.75 Å². The summed E-state index contributed by atoms with van der Waals surface area (Å²) < 4.78 is 6.92. The van der Waals surface area contributed by atoms with E-state index in [0.717, 1.165) is 10.9 Å². The molecule has 0 aliphatic rings. The van der Waals surface area contributed by atoms with E-state index in [1.54, 1.807) is 42.1 Å². The summed E-state index contributed by atoms with van der Waals surface area (Å²) in [4.78, 5) is 11.4. The van der Waals surface area contributed by atoms with Gasteiger partial charge in [0.1, 0.15) is 5.75 Å². The first-order valence-corrected chi connectivity index (χ1v) is 7.22. The summed E-state index contributed by atoms with van der Waals surface area (Å²) in [6.07, 6.45) is 0.241. The van der Waals surface area contributed by atoms with E-state index in [9.17, 15) is 15.0 Å². The molecule has 5 nitrogen and oxygen atoms in total. The molecule has 3 aromatic rings. The van der Waals surface area contributed by atoms with Gasteiger partial charge in [0.05, 0.1) is 13.2 Å². The first kappa shape index (κ1) is 15.1. The maximum Gasteiger partial charge on any atom is 0.335 e. The molecular formula is C18H17NO4. The fourth-order valence-corrected chi connectivity index (χ4v) is 2.78. The van der Waals surface area contributed by atoms with Crippen molar-refractivity contribution in [1.29, 1.82) is 0 Å². The van der Waals surface area contributed by atoms with Crippen LogP contribution in [0.2, 0.25) is 0 Å². The van der Waals surface area contributed by atoms with E-state index < -0.39 is 18.1 Å². The van der Waals surface area contributed by atoms with Crippen molar-refractivity contribution in [2.45, 2.75) is 12.1 Å². The standard InChI is InChI=1S/C18H17NO4/c1-23-14-8-6-13(7-9-14)16(17(20)18(21)22)19-11-10-12-4-2-3-5-15(12)19/h2-11,16-17,20H,1H3,(H,21,22). The number of hydrogen-bond donors (Lipinski definition) is 2. The number of aliphatic hydroxyl groups is 1. The predicted octanol–water partition coefficient (Wildman–Crippen LogP) is 2.68. The molecule has 0 saturated heterocycles. The third kappa shape index (κ3) is 2.78. The average Bonchev–Trinajstić information content (AvgIpc) is 2.99. The summed E-state index contributed by atoms with van der Waals surface area (Å²) >= 11 is 0. The average molecular weight is 311 g/mol. The number of aliphatic hydroxyl groups excluding tert-OH is 1. The lowest BCUT2D eigenvalue weighted by molar-refractivity contribution is -0.148. The molecule has 1 heterocycles. The number of carboxylic acids is 1. The number of para-hydroxylation sites is 1. The molecule has 0 radical (unpaired) electrons. The van der Waals surface area contributed by atoms with Crippen LogP contribution in [-0.4, -0.2) is 34.0 Å². The molecule has 0 bridgehead atoms. The Balaban J connectivity index is 2.13. The Morgan fingerprint density at radius 2 is 1.78 bits per heavy atom. The molecule has 0 spiro atoms. The number of methoxy groups -OCH3 is 1. The van der Waals surface area contributed by atoms with Crippen LogP contribution in [0, 0.1) is 0 Å². The lowest BCUT2D eigenvalue weighted by Crippen LogP contribution is -2.32. The molecule has 2 unspecified atom stereocenters. The fraction of sp³-hybridized carbons (Fsp3) is 0.167. The fourth-order valence-electron chi connectivity index (χ4n) is 2.78. The number of ether oxygens (including phenoxy) is 1. The molecular weight excluding hydrogens is 294 g/mol. The first-order chi connectivity index (χ1) is 11.1. The van der Waals surface area contributed by atoms with Gasteiger partial charge in [-0.25, -0.2) is 4.79 Å². The summed E-state index contributed by atoms with van der Waals surface area (Å²) in [5.74, 6) is -0.585. The van der Waals surface area contributed by atoms with Crippen molar-refractivity contribution >= 4 is 16.9 Å². The minimum atomic E-state index is -1.56. The monoisotopic (exact) mass is 311 g/mol. The summed E-state index contributed by atoms with van der Waals surface area (Å²) in [6, 6.07) is 15.9. The Hall–Kier alpha value is -2.79. The number of rotatable bonds is 5. The number of hydrogen-bond acceptors (Lipinski definition) is 3. The quantitative estimate of drug-likeness (QED) is 0.760. The topological polar surface area (TPSA) is 71.7 Å². The number of aromatic nitrogens is 1. The molecule has 2 aromatic carbocycles. The lowest BCUT2D eigenvalue weighted by atomic mass is 10.0. The normalized spacial score (nSPS) is 13.7. The predicted molar refractivity (Wildman–Crippen MR) is 86.7 cm³/mol. The number of carboxylic acid groups (broad SMARTS) is 1. The Bertz CT molecular complexity index is 822. The van der Waals surface area contributed by atoms with Crippen molar-refractivity contribution in [3.8, 4) is 5.75 Å². The number of fused-ring (bicyclic) bond motifs is 1. The molecule has 2 N–H and O–H groups in total. The van der Waals surface area contributed by atoms with Crippen molar-refractivity contribution in [1.82, 2.24) is 4.57 Å². The van der Waals surface area contributed by atoms with Crippen molar-refractivity contribution < 1.29 is 19.7 Å². The second-order valence-electron chi connectivity index (χ2n) is 5.28. The van der Waals surface area contributed by atoms with Gasteiger partial charge in [-0.3, -0.25) is 0 Å². The minimum absolute atomic E-state index is 0.676. The van der Waals surface area contributed by atoms with Crippen LogP contribution < -0.4 is 4.74 Å². The maximum absolute atomic E-state index is 11.4. The van der Waals surface area contributed by atoms with Crippen LogP contribution >= 0.6 is 0 Å². The van der Waals surface area contributed by atoms with E-state index in [4.69, 9.17) is 4.74 Å². The van der Waals surface area contributed by atoms with Crippen LogP contribution in [0.1, 0.15) is 11.6 Å². The molecule has 118 valence electrons. The third-order valence-corrected chi connectivity index (χ3v) is 3.94. The second-order valence-corrected chi connectivity index (χ2v) is 5.28. The maximum atomic E-state index is 11.4. The van der Waals surface area contributed by atoms with Crippen molar-refractivity contribution in [2.75, 3.05) is 7.11 Å². The van der Waals surface area contributed by atoms with Crippen molar-refractivity contribution in [3.63, 3.8) is 0 Å². The first-order valence-electron chi connectivity index (χ1n) is 7.22. The highest BCUT2D eigenvalue weighted by atomic mass is 16.5. The lowest BCUT2D eigenvalue weighted by Gasteiger charge is -2.23. The van der Waals surface area contributed by atoms with Crippen LogP contribution in [0.15, 0.2) is 60.8 Å². The van der Waals surface area contributed by atoms with Gasteiger partial charge in [-0.1, -0.05) is 30.3 Å². The van der Waals surface area contributed by atoms with Gasteiger partial charge in [-0.2, -0.15) is 0 Å². The smallest absolute Gasteiger partial charge is 0.335 e. The molecule has 0 fully saturated rings. The Morgan fingerprint density at radius 3 is 2.43 bits per heavy atom. The number of aliphatic carboxylic acids is 1. The Morgan fingerprint density at radius 1 is 1.09 bits per heavy atom.